The highest BCUT2D eigenvalue weighted by molar-refractivity contribution is 9.10. The van der Waals surface area contributed by atoms with Crippen LogP contribution in [0.15, 0.2) is 40.9 Å². The predicted molar refractivity (Wildman–Crippen MR) is 86.8 cm³/mol. The number of aryl methyl sites for hydroxylation is 1. The molecule has 3 rings (SSSR count). The van der Waals surface area contributed by atoms with E-state index in [-0.39, 0.29) is 0 Å². The van der Waals surface area contributed by atoms with E-state index in [1.54, 1.807) is 0 Å². The van der Waals surface area contributed by atoms with Gasteiger partial charge in [0, 0.05) is 23.6 Å². The van der Waals surface area contributed by atoms with Crippen LogP contribution in [0.2, 0.25) is 5.02 Å². The van der Waals surface area contributed by atoms with Crippen LogP contribution in [0.25, 0.3) is 22.4 Å². The highest BCUT2D eigenvalue weighted by Crippen LogP contribution is 2.30. The monoisotopic (exact) mass is 349 g/mol. The lowest BCUT2D eigenvalue weighted by Gasteiger charge is -2.04. The summed E-state index contributed by atoms with van der Waals surface area (Å²) in [5.74, 6) is 0.885. The molecule has 3 nitrogen and oxygen atoms in total. The molecule has 20 heavy (non-hydrogen) atoms. The molecule has 0 aliphatic carbocycles. The Morgan fingerprint density at radius 2 is 2.10 bits per heavy atom. The molecule has 0 unspecified atom stereocenters. The van der Waals surface area contributed by atoms with Crippen molar-refractivity contribution in [3.8, 4) is 11.4 Å². The quantitative estimate of drug-likeness (QED) is 0.755. The lowest BCUT2D eigenvalue weighted by molar-refractivity contribution is 0.959. The maximum Gasteiger partial charge on any atom is 0.140 e. The molecule has 0 aliphatic rings. The molecule has 0 fully saturated rings. The summed E-state index contributed by atoms with van der Waals surface area (Å²) in [7, 11) is 2.00. The standard InChI is InChI=1S/C15H13BrClN3/c1-20-13-4-2-3-10(8-18)14(13)19-15(20)9-5-6-11(16)12(17)7-9/h2-7H,8,18H2,1H3. The lowest BCUT2D eigenvalue weighted by Crippen LogP contribution is -1.97. The third-order valence-corrected chi connectivity index (χ3v) is 4.63. The summed E-state index contributed by atoms with van der Waals surface area (Å²) >= 11 is 9.57. The Labute approximate surface area is 130 Å². The van der Waals surface area contributed by atoms with Gasteiger partial charge in [-0.05, 0) is 39.7 Å². The van der Waals surface area contributed by atoms with Crippen molar-refractivity contribution in [2.45, 2.75) is 6.54 Å². The van der Waals surface area contributed by atoms with Gasteiger partial charge in [0.05, 0.1) is 16.1 Å². The molecule has 3 aromatic rings. The first kappa shape index (κ1) is 13.6. The minimum absolute atomic E-state index is 0.481. The fraction of sp³-hybridized carbons (Fsp3) is 0.133. The number of imidazole rings is 1. The van der Waals surface area contributed by atoms with Gasteiger partial charge in [-0.1, -0.05) is 29.8 Å². The number of para-hydroxylation sites is 1. The Kier molecular flexibility index (Phi) is 3.54. The Balaban J connectivity index is 2.26. The molecular weight excluding hydrogens is 338 g/mol. The number of rotatable bonds is 2. The third-order valence-electron chi connectivity index (χ3n) is 3.39. The number of halogens is 2. The summed E-state index contributed by atoms with van der Waals surface area (Å²) in [6.07, 6.45) is 0. The van der Waals surface area contributed by atoms with Crippen LogP contribution in [-0.2, 0) is 13.6 Å². The van der Waals surface area contributed by atoms with Gasteiger partial charge in [0.15, 0.2) is 0 Å². The summed E-state index contributed by atoms with van der Waals surface area (Å²) < 4.78 is 2.94. The topological polar surface area (TPSA) is 43.8 Å². The Bertz CT molecular complexity index is 795. The highest BCUT2D eigenvalue weighted by atomic mass is 79.9. The third kappa shape index (κ3) is 2.14. The molecule has 0 saturated carbocycles. The SMILES string of the molecule is Cn1c(-c2ccc(Br)c(Cl)c2)nc2c(CN)cccc21. The molecule has 0 bridgehead atoms. The molecule has 2 N–H and O–H groups in total. The molecule has 0 amide bonds. The average molecular weight is 351 g/mol. The zero-order valence-corrected chi connectivity index (χ0v) is 13.2. The fourth-order valence-corrected chi connectivity index (χ4v) is 2.76. The normalized spacial score (nSPS) is 11.2. The molecule has 2 aromatic carbocycles. The summed E-state index contributed by atoms with van der Waals surface area (Å²) in [5, 5.41) is 0.675. The van der Waals surface area contributed by atoms with Gasteiger partial charge in [0.25, 0.3) is 0 Å². The Morgan fingerprint density at radius 3 is 2.80 bits per heavy atom. The highest BCUT2D eigenvalue weighted by Gasteiger charge is 2.12. The van der Waals surface area contributed by atoms with Gasteiger partial charge in [-0.25, -0.2) is 4.98 Å². The van der Waals surface area contributed by atoms with Crippen molar-refractivity contribution in [1.29, 1.82) is 0 Å². The first-order chi connectivity index (χ1) is 9.61. The number of benzene rings is 2. The first-order valence-corrected chi connectivity index (χ1v) is 7.38. The van der Waals surface area contributed by atoms with E-state index in [2.05, 4.69) is 20.5 Å². The summed E-state index contributed by atoms with van der Waals surface area (Å²) in [6, 6.07) is 11.9. The van der Waals surface area contributed by atoms with E-state index in [1.807, 2.05) is 43.4 Å². The average Bonchev–Trinajstić information content (AvgIpc) is 2.79. The van der Waals surface area contributed by atoms with Crippen LogP contribution in [0.4, 0.5) is 0 Å². The minimum Gasteiger partial charge on any atom is -0.327 e. The van der Waals surface area contributed by atoms with Crippen molar-refractivity contribution in [1.82, 2.24) is 9.55 Å². The number of nitrogens with zero attached hydrogens (tertiary/aromatic N) is 2. The van der Waals surface area contributed by atoms with E-state index in [1.165, 1.54) is 0 Å². The van der Waals surface area contributed by atoms with E-state index in [4.69, 9.17) is 22.3 Å². The zero-order valence-electron chi connectivity index (χ0n) is 10.9. The molecule has 5 heteroatoms. The van der Waals surface area contributed by atoms with Crippen LogP contribution in [0.3, 0.4) is 0 Å². The molecule has 1 aromatic heterocycles. The van der Waals surface area contributed by atoms with Gasteiger partial charge in [-0.15, -0.1) is 0 Å². The summed E-state index contributed by atoms with van der Waals surface area (Å²) in [6.45, 7) is 0.481. The van der Waals surface area contributed by atoms with Crippen LogP contribution >= 0.6 is 27.5 Å². The van der Waals surface area contributed by atoms with Gasteiger partial charge < -0.3 is 10.3 Å². The van der Waals surface area contributed by atoms with Crippen molar-refractivity contribution in [2.24, 2.45) is 12.8 Å². The molecule has 1 heterocycles. The Morgan fingerprint density at radius 1 is 1.30 bits per heavy atom. The number of aromatic nitrogens is 2. The van der Waals surface area contributed by atoms with Crippen LogP contribution in [0, 0.1) is 0 Å². The molecule has 0 radical (unpaired) electrons. The van der Waals surface area contributed by atoms with E-state index < -0.39 is 0 Å². The first-order valence-electron chi connectivity index (χ1n) is 6.21. The van der Waals surface area contributed by atoms with Crippen LogP contribution in [-0.4, -0.2) is 9.55 Å². The molecule has 0 saturated heterocycles. The molecule has 0 aliphatic heterocycles. The van der Waals surface area contributed by atoms with Crippen LogP contribution in [0.5, 0.6) is 0 Å². The maximum atomic E-state index is 6.17. The second kappa shape index (κ2) is 5.20. The van der Waals surface area contributed by atoms with Gasteiger partial charge in [-0.2, -0.15) is 0 Å². The summed E-state index contributed by atoms with van der Waals surface area (Å²) in [4.78, 5) is 4.73. The van der Waals surface area contributed by atoms with E-state index in [9.17, 15) is 0 Å². The van der Waals surface area contributed by atoms with Crippen molar-refractivity contribution < 1.29 is 0 Å². The van der Waals surface area contributed by atoms with Crippen LogP contribution in [0.1, 0.15) is 5.56 Å². The fourth-order valence-electron chi connectivity index (χ4n) is 2.33. The van der Waals surface area contributed by atoms with Crippen molar-refractivity contribution in [2.75, 3.05) is 0 Å². The molecule has 102 valence electrons. The maximum absolute atomic E-state index is 6.17. The van der Waals surface area contributed by atoms with Crippen molar-refractivity contribution in [3.63, 3.8) is 0 Å². The van der Waals surface area contributed by atoms with Crippen LogP contribution < -0.4 is 5.73 Å². The predicted octanol–water partition coefficient (Wildman–Crippen LogP) is 4.11. The molecular formula is C15H13BrClN3. The zero-order chi connectivity index (χ0) is 14.3. The lowest BCUT2D eigenvalue weighted by atomic mass is 10.2. The largest absolute Gasteiger partial charge is 0.327 e. The van der Waals surface area contributed by atoms with Gasteiger partial charge >= 0.3 is 0 Å². The van der Waals surface area contributed by atoms with E-state index in [0.717, 1.165) is 32.5 Å². The second-order valence-electron chi connectivity index (χ2n) is 4.61. The number of hydrogen-bond acceptors (Lipinski definition) is 2. The summed E-state index contributed by atoms with van der Waals surface area (Å²) in [5.41, 5.74) is 9.84. The number of nitrogens with two attached hydrogens (primary N) is 1. The van der Waals surface area contributed by atoms with Gasteiger partial charge in [-0.3, -0.25) is 0 Å². The van der Waals surface area contributed by atoms with Gasteiger partial charge in [0.2, 0.25) is 0 Å². The van der Waals surface area contributed by atoms with Crippen molar-refractivity contribution >= 4 is 38.6 Å². The Hall–Kier alpha value is -1.36. The number of fused-ring (bicyclic) bond motifs is 1. The minimum atomic E-state index is 0.481. The molecule has 0 spiro atoms. The van der Waals surface area contributed by atoms with Gasteiger partial charge in [0.1, 0.15) is 5.82 Å². The van der Waals surface area contributed by atoms with E-state index >= 15 is 0 Å². The smallest absolute Gasteiger partial charge is 0.140 e. The molecule has 0 atom stereocenters. The number of hydrogen-bond donors (Lipinski definition) is 1. The second-order valence-corrected chi connectivity index (χ2v) is 5.87. The van der Waals surface area contributed by atoms with Crippen molar-refractivity contribution in [3.05, 3.63) is 51.5 Å². The van der Waals surface area contributed by atoms with E-state index in [0.29, 0.717) is 11.6 Å².